The highest BCUT2D eigenvalue weighted by Gasteiger charge is 2.20. The van der Waals surface area contributed by atoms with E-state index in [0.29, 0.717) is 30.1 Å². The number of anilines is 1. The summed E-state index contributed by atoms with van der Waals surface area (Å²) >= 11 is 6.35. The van der Waals surface area contributed by atoms with Crippen LogP contribution in [0.5, 0.6) is 5.75 Å². The summed E-state index contributed by atoms with van der Waals surface area (Å²) in [4.78, 5) is 33.1. The standard InChI is InChI=1S/C23H23ClN4O4/c1-31-17-8-10-26-21(13-17)28-22(29)18-7-6-15(11-19(18)24)14-27-20(23(30)32-2)12-16-5-3-4-9-25-16/h3-11,13,20,27H,12,14H2,1-2H3,(H,26,28,29)/t20-/m1/s1. The van der Waals surface area contributed by atoms with E-state index in [1.807, 2.05) is 18.2 Å². The first-order chi connectivity index (χ1) is 15.5. The first-order valence-electron chi connectivity index (χ1n) is 9.81. The molecular weight excluding hydrogens is 432 g/mol. The van der Waals surface area contributed by atoms with E-state index in [9.17, 15) is 9.59 Å². The molecule has 0 spiro atoms. The topological polar surface area (TPSA) is 102 Å². The zero-order valence-corrected chi connectivity index (χ0v) is 18.4. The van der Waals surface area contributed by atoms with Gasteiger partial charge < -0.3 is 14.8 Å². The van der Waals surface area contributed by atoms with Crippen molar-refractivity contribution in [2.45, 2.75) is 19.0 Å². The van der Waals surface area contributed by atoms with Gasteiger partial charge in [0.25, 0.3) is 5.91 Å². The molecule has 1 aromatic carbocycles. The van der Waals surface area contributed by atoms with Crippen LogP contribution in [0.4, 0.5) is 5.82 Å². The number of methoxy groups -OCH3 is 2. The highest BCUT2D eigenvalue weighted by atomic mass is 35.5. The number of hydrogen-bond acceptors (Lipinski definition) is 7. The van der Waals surface area contributed by atoms with Crippen LogP contribution in [0.25, 0.3) is 0 Å². The van der Waals surface area contributed by atoms with Crippen LogP contribution in [0.15, 0.2) is 60.9 Å². The molecule has 2 aromatic heterocycles. The average Bonchev–Trinajstić information content (AvgIpc) is 2.82. The number of benzene rings is 1. The van der Waals surface area contributed by atoms with Gasteiger partial charge in [-0.3, -0.25) is 19.9 Å². The molecule has 2 N–H and O–H groups in total. The molecular formula is C23H23ClN4O4. The van der Waals surface area contributed by atoms with Crippen LogP contribution in [-0.2, 0) is 22.5 Å². The lowest BCUT2D eigenvalue weighted by Crippen LogP contribution is -2.39. The molecule has 0 radical (unpaired) electrons. The Morgan fingerprint density at radius 2 is 1.91 bits per heavy atom. The van der Waals surface area contributed by atoms with Crippen LogP contribution in [0.3, 0.4) is 0 Å². The van der Waals surface area contributed by atoms with Gasteiger partial charge in [-0.2, -0.15) is 0 Å². The van der Waals surface area contributed by atoms with Crippen molar-refractivity contribution in [1.29, 1.82) is 0 Å². The Morgan fingerprint density at radius 3 is 2.59 bits per heavy atom. The van der Waals surface area contributed by atoms with Crippen molar-refractivity contribution in [1.82, 2.24) is 15.3 Å². The SMILES string of the molecule is COC(=O)[C@@H](Cc1ccccn1)NCc1ccc(C(=O)Nc2cc(OC)ccn2)c(Cl)c1. The highest BCUT2D eigenvalue weighted by Crippen LogP contribution is 2.21. The molecule has 0 aliphatic heterocycles. The van der Waals surface area contributed by atoms with E-state index in [1.165, 1.54) is 20.4 Å². The van der Waals surface area contributed by atoms with E-state index >= 15 is 0 Å². The lowest BCUT2D eigenvalue weighted by atomic mass is 10.1. The van der Waals surface area contributed by atoms with Gasteiger partial charge in [-0.05, 0) is 35.9 Å². The van der Waals surface area contributed by atoms with Gasteiger partial charge in [0.1, 0.15) is 17.6 Å². The summed E-state index contributed by atoms with van der Waals surface area (Å²) in [5.41, 5.74) is 1.88. The molecule has 0 fully saturated rings. The third kappa shape index (κ3) is 6.26. The molecule has 9 heteroatoms. The number of hydrogen-bond donors (Lipinski definition) is 2. The second-order valence-electron chi connectivity index (χ2n) is 6.83. The molecule has 1 amide bonds. The average molecular weight is 455 g/mol. The molecule has 0 saturated heterocycles. The molecule has 1 atom stereocenters. The molecule has 0 unspecified atom stereocenters. The normalized spacial score (nSPS) is 11.5. The number of carbonyl (C=O) groups is 2. The molecule has 0 aliphatic carbocycles. The van der Waals surface area contributed by atoms with Crippen molar-refractivity contribution >= 4 is 29.3 Å². The summed E-state index contributed by atoms with van der Waals surface area (Å²) in [5, 5.41) is 6.14. The molecule has 3 rings (SSSR count). The van der Waals surface area contributed by atoms with Gasteiger partial charge in [0.05, 0.1) is 24.8 Å². The number of esters is 1. The van der Waals surface area contributed by atoms with Crippen molar-refractivity contribution in [2.24, 2.45) is 0 Å². The van der Waals surface area contributed by atoms with Gasteiger partial charge in [-0.15, -0.1) is 0 Å². The zero-order chi connectivity index (χ0) is 22.9. The van der Waals surface area contributed by atoms with Gasteiger partial charge in [-0.25, -0.2) is 4.98 Å². The maximum atomic E-state index is 12.6. The number of nitrogens with one attached hydrogen (secondary N) is 2. The number of pyridine rings is 2. The summed E-state index contributed by atoms with van der Waals surface area (Å²) in [6.45, 7) is 0.353. The molecule has 32 heavy (non-hydrogen) atoms. The molecule has 0 saturated carbocycles. The number of halogens is 1. The van der Waals surface area contributed by atoms with Gasteiger partial charge in [-0.1, -0.05) is 23.7 Å². The van der Waals surface area contributed by atoms with Crippen LogP contribution in [-0.4, -0.2) is 42.1 Å². The van der Waals surface area contributed by atoms with E-state index in [4.69, 9.17) is 21.1 Å². The predicted molar refractivity (Wildman–Crippen MR) is 121 cm³/mol. The van der Waals surface area contributed by atoms with Crippen LogP contribution in [0.1, 0.15) is 21.6 Å². The molecule has 8 nitrogen and oxygen atoms in total. The summed E-state index contributed by atoms with van der Waals surface area (Å²) in [6, 6.07) is 13.3. The third-order valence-corrected chi connectivity index (χ3v) is 4.98. The van der Waals surface area contributed by atoms with Crippen molar-refractivity contribution in [3.8, 4) is 5.75 Å². The van der Waals surface area contributed by atoms with Gasteiger partial charge in [0, 0.05) is 37.1 Å². The number of nitrogens with zero attached hydrogens (tertiary/aromatic N) is 2. The predicted octanol–water partition coefficient (Wildman–Crippen LogP) is 3.26. The first-order valence-corrected chi connectivity index (χ1v) is 10.2. The monoisotopic (exact) mass is 454 g/mol. The summed E-state index contributed by atoms with van der Waals surface area (Å²) < 4.78 is 10.0. The van der Waals surface area contributed by atoms with E-state index in [2.05, 4.69) is 20.6 Å². The summed E-state index contributed by atoms with van der Waals surface area (Å²) in [5.74, 6) is 0.154. The Labute approximate surface area is 190 Å². The van der Waals surface area contributed by atoms with E-state index in [1.54, 1.807) is 36.5 Å². The van der Waals surface area contributed by atoms with Crippen molar-refractivity contribution < 1.29 is 19.1 Å². The summed E-state index contributed by atoms with van der Waals surface area (Å²) in [6.07, 6.45) is 3.59. The Morgan fingerprint density at radius 1 is 1.06 bits per heavy atom. The minimum atomic E-state index is -0.573. The first kappa shape index (κ1) is 23.2. The Balaban J connectivity index is 1.65. The lowest BCUT2D eigenvalue weighted by molar-refractivity contribution is -0.143. The van der Waals surface area contributed by atoms with Gasteiger partial charge in [0.15, 0.2) is 0 Å². The fraction of sp³-hybridized carbons (Fsp3) is 0.217. The quantitative estimate of drug-likeness (QED) is 0.478. The Kier molecular flexibility index (Phi) is 8.13. The molecule has 0 aliphatic rings. The summed E-state index contributed by atoms with van der Waals surface area (Å²) in [7, 11) is 2.88. The maximum Gasteiger partial charge on any atom is 0.323 e. The van der Waals surface area contributed by atoms with Crippen LogP contribution < -0.4 is 15.4 Å². The van der Waals surface area contributed by atoms with Crippen molar-refractivity contribution in [3.63, 3.8) is 0 Å². The Bertz CT molecular complexity index is 1080. The number of amides is 1. The zero-order valence-electron chi connectivity index (χ0n) is 17.7. The second-order valence-corrected chi connectivity index (χ2v) is 7.24. The largest absolute Gasteiger partial charge is 0.497 e. The fourth-order valence-electron chi connectivity index (χ4n) is 2.99. The van der Waals surface area contributed by atoms with E-state index < -0.39 is 11.9 Å². The lowest BCUT2D eigenvalue weighted by Gasteiger charge is -2.16. The van der Waals surface area contributed by atoms with Crippen LogP contribution in [0.2, 0.25) is 5.02 Å². The number of carbonyl (C=O) groups excluding carboxylic acids is 2. The number of aromatic nitrogens is 2. The minimum absolute atomic E-state index is 0.282. The molecule has 166 valence electrons. The van der Waals surface area contributed by atoms with Crippen LogP contribution in [0, 0.1) is 0 Å². The molecule has 2 heterocycles. The fourth-order valence-corrected chi connectivity index (χ4v) is 3.28. The number of rotatable bonds is 9. The molecule has 0 bridgehead atoms. The van der Waals surface area contributed by atoms with Crippen molar-refractivity contribution in [2.75, 3.05) is 19.5 Å². The van der Waals surface area contributed by atoms with Gasteiger partial charge in [0.2, 0.25) is 0 Å². The smallest absolute Gasteiger partial charge is 0.323 e. The number of ether oxygens (including phenoxy) is 2. The van der Waals surface area contributed by atoms with E-state index in [-0.39, 0.29) is 11.0 Å². The van der Waals surface area contributed by atoms with E-state index in [0.717, 1.165) is 11.3 Å². The Hall–Kier alpha value is -3.49. The third-order valence-electron chi connectivity index (χ3n) is 4.66. The maximum absolute atomic E-state index is 12.6. The van der Waals surface area contributed by atoms with Crippen LogP contribution >= 0.6 is 11.6 Å². The molecule has 3 aromatic rings. The van der Waals surface area contributed by atoms with Gasteiger partial charge >= 0.3 is 5.97 Å². The second kappa shape index (κ2) is 11.2. The van der Waals surface area contributed by atoms with Crippen molar-refractivity contribution in [3.05, 3.63) is 82.8 Å². The minimum Gasteiger partial charge on any atom is -0.497 e. The highest BCUT2D eigenvalue weighted by molar-refractivity contribution is 6.34.